The van der Waals surface area contributed by atoms with Gasteiger partial charge in [0.1, 0.15) is 11.2 Å². The van der Waals surface area contributed by atoms with E-state index < -0.39 is 0 Å². The van der Waals surface area contributed by atoms with Crippen molar-refractivity contribution in [3.63, 3.8) is 0 Å². The Morgan fingerprint density at radius 2 is 1.93 bits per heavy atom. The molecular weight excluding hydrogens is 384 g/mol. The lowest BCUT2D eigenvalue weighted by molar-refractivity contribution is -0.120. The molecule has 9 nitrogen and oxygen atoms in total. The summed E-state index contributed by atoms with van der Waals surface area (Å²) >= 11 is 0. The van der Waals surface area contributed by atoms with E-state index in [0.29, 0.717) is 36.5 Å². The fourth-order valence-corrected chi connectivity index (χ4v) is 3.97. The van der Waals surface area contributed by atoms with Crippen molar-refractivity contribution >= 4 is 29.9 Å². The normalized spacial score (nSPS) is 18.5. The van der Waals surface area contributed by atoms with Crippen LogP contribution in [0.1, 0.15) is 46.9 Å². The lowest BCUT2D eigenvalue weighted by Gasteiger charge is -2.23. The van der Waals surface area contributed by atoms with Gasteiger partial charge in [-0.15, -0.1) is 12.4 Å². The van der Waals surface area contributed by atoms with Crippen molar-refractivity contribution < 1.29 is 9.59 Å². The fourth-order valence-electron chi connectivity index (χ4n) is 3.97. The first kappa shape index (κ1) is 20.3. The summed E-state index contributed by atoms with van der Waals surface area (Å²) in [7, 11) is 0. The molecule has 4 heterocycles. The zero-order chi connectivity index (χ0) is 19.0. The quantitative estimate of drug-likeness (QED) is 0.656. The highest BCUT2D eigenvalue weighted by Crippen LogP contribution is 2.26. The summed E-state index contributed by atoms with van der Waals surface area (Å²) in [5, 5.41) is 10.7. The number of carbonyl (C=O) groups excluding carboxylic acids is 2. The van der Waals surface area contributed by atoms with Crippen LogP contribution in [0.5, 0.6) is 0 Å². The molecular formula is C18H25ClN6O3. The summed E-state index contributed by atoms with van der Waals surface area (Å²) in [6, 6.07) is 1.60. The van der Waals surface area contributed by atoms with Crippen molar-refractivity contribution in [3.8, 4) is 0 Å². The number of hydrogen-bond acceptors (Lipinski definition) is 5. The van der Waals surface area contributed by atoms with Crippen molar-refractivity contribution in [2.24, 2.45) is 0 Å². The summed E-state index contributed by atoms with van der Waals surface area (Å²) in [4.78, 5) is 41.5. The lowest BCUT2D eigenvalue weighted by Crippen LogP contribution is -2.34. The van der Waals surface area contributed by atoms with Crippen LogP contribution in [-0.4, -0.2) is 64.0 Å². The van der Waals surface area contributed by atoms with Gasteiger partial charge in [-0.2, -0.15) is 5.10 Å². The highest BCUT2D eigenvalue weighted by molar-refractivity contribution is 6.01. The zero-order valence-electron chi connectivity index (χ0n) is 15.8. The predicted octanol–water partition coefficient (Wildman–Crippen LogP) is 0.182. The second-order valence-corrected chi connectivity index (χ2v) is 7.20. The number of aromatic nitrogens is 3. The van der Waals surface area contributed by atoms with Gasteiger partial charge in [0.05, 0.1) is 11.4 Å². The van der Waals surface area contributed by atoms with Crippen LogP contribution in [0.2, 0.25) is 0 Å². The first-order valence-corrected chi connectivity index (χ1v) is 9.44. The van der Waals surface area contributed by atoms with E-state index in [4.69, 9.17) is 0 Å². The molecule has 0 bridgehead atoms. The maximum absolute atomic E-state index is 13.2. The van der Waals surface area contributed by atoms with Gasteiger partial charge in [0.25, 0.3) is 11.5 Å². The number of aromatic amines is 1. The van der Waals surface area contributed by atoms with Gasteiger partial charge in [0, 0.05) is 38.0 Å². The van der Waals surface area contributed by atoms with Crippen LogP contribution < -0.4 is 16.2 Å². The third kappa shape index (κ3) is 3.77. The summed E-state index contributed by atoms with van der Waals surface area (Å²) in [5.74, 6) is -0.0149. The number of rotatable bonds is 2. The maximum atomic E-state index is 13.2. The molecule has 4 rings (SSSR count). The molecule has 10 heteroatoms. The number of nitrogens with zero attached hydrogens (tertiary/aromatic N) is 3. The SMILES string of the molecule is Cc1nn2c(C3CCNCC3)cc(=O)[nH]c2c1C(=O)N1CCNC(=O)CC1.Cl. The van der Waals surface area contributed by atoms with Crippen LogP contribution >= 0.6 is 12.4 Å². The van der Waals surface area contributed by atoms with E-state index in [2.05, 4.69) is 20.7 Å². The molecule has 2 fully saturated rings. The number of nitrogens with one attached hydrogen (secondary N) is 3. The minimum Gasteiger partial charge on any atom is -0.354 e. The number of H-pyrrole nitrogens is 1. The lowest BCUT2D eigenvalue weighted by atomic mass is 9.94. The van der Waals surface area contributed by atoms with Crippen LogP contribution in [0, 0.1) is 6.92 Å². The van der Waals surface area contributed by atoms with Gasteiger partial charge in [0.15, 0.2) is 0 Å². The predicted molar refractivity (Wildman–Crippen MR) is 106 cm³/mol. The molecule has 2 aliphatic rings. The third-order valence-electron chi connectivity index (χ3n) is 5.40. The van der Waals surface area contributed by atoms with Crippen molar-refractivity contribution in [1.82, 2.24) is 30.1 Å². The summed E-state index contributed by atoms with van der Waals surface area (Å²) < 4.78 is 1.72. The van der Waals surface area contributed by atoms with Crippen LogP contribution in [0.15, 0.2) is 10.9 Å². The van der Waals surface area contributed by atoms with Crippen LogP contribution in [0.25, 0.3) is 5.65 Å². The second-order valence-electron chi connectivity index (χ2n) is 7.20. The number of halogens is 1. The number of carbonyl (C=O) groups is 2. The van der Waals surface area contributed by atoms with Gasteiger partial charge in [-0.3, -0.25) is 14.4 Å². The molecule has 2 amide bonds. The summed E-state index contributed by atoms with van der Waals surface area (Å²) in [6.45, 7) is 4.82. The minimum absolute atomic E-state index is 0. The molecule has 0 aromatic carbocycles. The highest BCUT2D eigenvalue weighted by atomic mass is 35.5. The average Bonchev–Trinajstić information content (AvgIpc) is 2.83. The Morgan fingerprint density at radius 3 is 2.68 bits per heavy atom. The Kier molecular flexibility index (Phi) is 6.04. The van der Waals surface area contributed by atoms with Crippen molar-refractivity contribution in [2.45, 2.75) is 32.1 Å². The second kappa shape index (κ2) is 8.32. The van der Waals surface area contributed by atoms with Crippen molar-refractivity contribution in [2.75, 3.05) is 32.7 Å². The Labute approximate surface area is 168 Å². The van der Waals surface area contributed by atoms with Gasteiger partial charge in [0.2, 0.25) is 5.91 Å². The van der Waals surface area contributed by atoms with Gasteiger partial charge in [-0.25, -0.2) is 4.52 Å². The highest BCUT2D eigenvalue weighted by Gasteiger charge is 2.28. The first-order chi connectivity index (χ1) is 13.0. The Bertz CT molecular complexity index is 947. The average molecular weight is 409 g/mol. The maximum Gasteiger partial charge on any atom is 0.259 e. The van der Waals surface area contributed by atoms with E-state index in [0.717, 1.165) is 31.6 Å². The minimum atomic E-state index is -0.224. The summed E-state index contributed by atoms with van der Waals surface area (Å²) in [5.41, 5.74) is 2.07. The molecule has 2 aromatic rings. The molecule has 2 aromatic heterocycles. The van der Waals surface area contributed by atoms with Gasteiger partial charge in [-0.05, 0) is 32.9 Å². The smallest absolute Gasteiger partial charge is 0.259 e. The van der Waals surface area contributed by atoms with E-state index in [1.54, 1.807) is 22.4 Å². The number of amides is 2. The molecule has 0 atom stereocenters. The van der Waals surface area contributed by atoms with E-state index >= 15 is 0 Å². The van der Waals surface area contributed by atoms with E-state index in [1.165, 1.54) is 0 Å². The molecule has 2 aliphatic heterocycles. The molecule has 3 N–H and O–H groups in total. The molecule has 2 saturated heterocycles. The molecule has 0 aliphatic carbocycles. The molecule has 28 heavy (non-hydrogen) atoms. The Hall–Kier alpha value is -2.39. The monoisotopic (exact) mass is 408 g/mol. The number of hydrogen-bond donors (Lipinski definition) is 3. The Morgan fingerprint density at radius 1 is 1.18 bits per heavy atom. The van der Waals surface area contributed by atoms with Crippen LogP contribution in [-0.2, 0) is 4.79 Å². The molecule has 0 spiro atoms. The number of aryl methyl sites for hydroxylation is 1. The Balaban J connectivity index is 0.00000225. The zero-order valence-corrected chi connectivity index (χ0v) is 16.6. The van der Waals surface area contributed by atoms with Gasteiger partial charge >= 0.3 is 0 Å². The van der Waals surface area contributed by atoms with Gasteiger partial charge in [-0.1, -0.05) is 0 Å². The number of piperidine rings is 1. The molecule has 152 valence electrons. The van der Waals surface area contributed by atoms with E-state index in [9.17, 15) is 14.4 Å². The van der Waals surface area contributed by atoms with Crippen molar-refractivity contribution in [3.05, 3.63) is 33.4 Å². The summed E-state index contributed by atoms with van der Waals surface area (Å²) in [6.07, 6.45) is 2.14. The number of fused-ring (bicyclic) bond motifs is 1. The first-order valence-electron chi connectivity index (χ1n) is 9.44. The molecule has 0 saturated carbocycles. The largest absolute Gasteiger partial charge is 0.354 e. The van der Waals surface area contributed by atoms with Crippen molar-refractivity contribution in [1.29, 1.82) is 0 Å². The van der Waals surface area contributed by atoms with E-state index in [-0.39, 0.29) is 42.1 Å². The van der Waals surface area contributed by atoms with Gasteiger partial charge < -0.3 is 20.5 Å². The third-order valence-corrected chi connectivity index (χ3v) is 5.40. The molecule has 0 unspecified atom stereocenters. The fraction of sp³-hybridized carbons (Fsp3) is 0.556. The molecule has 0 radical (unpaired) electrons. The standard InChI is InChI=1S/C18H24N6O3.ClH/c1-11-16(18(27)23-8-4-14(25)20-7-9-23)17-21-15(26)10-13(24(17)22-11)12-2-5-19-6-3-12;/h10,12,19H,2-9H2,1H3,(H,20,25)(H,21,26);1H. The van der Waals surface area contributed by atoms with Crippen LogP contribution in [0.3, 0.4) is 0 Å². The van der Waals surface area contributed by atoms with E-state index in [1.807, 2.05) is 0 Å². The van der Waals surface area contributed by atoms with Crippen LogP contribution in [0.4, 0.5) is 0 Å². The topological polar surface area (TPSA) is 112 Å².